The minimum absolute atomic E-state index is 0.0201. The zero-order valence-corrected chi connectivity index (χ0v) is 17.8. The number of hydrogen-bond acceptors (Lipinski definition) is 3. The number of rotatable bonds is 5. The molecule has 0 spiro atoms. The molecule has 0 saturated carbocycles. The molecule has 2 aromatic rings. The van der Waals surface area contributed by atoms with Gasteiger partial charge in [0, 0.05) is 51.4 Å². The Balaban J connectivity index is 1.48. The van der Waals surface area contributed by atoms with E-state index in [0.29, 0.717) is 44.0 Å². The molecule has 2 aromatic carbocycles. The molecule has 30 heavy (non-hydrogen) atoms. The van der Waals surface area contributed by atoms with Crippen molar-refractivity contribution in [1.82, 2.24) is 15.1 Å². The Bertz CT molecular complexity index is 877. The van der Waals surface area contributed by atoms with Crippen LogP contribution in [0.5, 0.6) is 0 Å². The van der Waals surface area contributed by atoms with E-state index in [4.69, 9.17) is 0 Å². The molecule has 0 unspecified atom stereocenters. The SMILES string of the molecule is CC(C)N(C)C(=O)c1ccc(CNC(=O)N2CCN(c3ccccc3F)CC2)cc1. The summed E-state index contributed by atoms with van der Waals surface area (Å²) in [7, 11) is 1.78. The van der Waals surface area contributed by atoms with Crippen molar-refractivity contribution in [3.63, 3.8) is 0 Å². The maximum absolute atomic E-state index is 13.9. The number of urea groups is 1. The number of hydrogen-bond donors (Lipinski definition) is 1. The summed E-state index contributed by atoms with van der Waals surface area (Å²) in [6, 6.07) is 14.0. The third-order valence-electron chi connectivity index (χ3n) is 5.50. The summed E-state index contributed by atoms with van der Waals surface area (Å²) in [5.74, 6) is -0.259. The highest BCUT2D eigenvalue weighted by Gasteiger charge is 2.22. The van der Waals surface area contributed by atoms with Crippen LogP contribution in [0.1, 0.15) is 29.8 Å². The van der Waals surface area contributed by atoms with Gasteiger partial charge < -0.3 is 20.0 Å². The number of anilines is 1. The van der Waals surface area contributed by atoms with E-state index in [1.54, 1.807) is 41.1 Å². The molecule has 3 amide bonds. The van der Waals surface area contributed by atoms with Gasteiger partial charge in [0.05, 0.1) is 5.69 Å². The van der Waals surface area contributed by atoms with E-state index in [1.165, 1.54) is 6.07 Å². The lowest BCUT2D eigenvalue weighted by molar-refractivity contribution is 0.0755. The van der Waals surface area contributed by atoms with Crippen molar-refractivity contribution < 1.29 is 14.0 Å². The molecule has 6 nitrogen and oxygen atoms in total. The average Bonchev–Trinajstić information content (AvgIpc) is 2.77. The molecule has 0 aliphatic carbocycles. The van der Waals surface area contributed by atoms with Gasteiger partial charge >= 0.3 is 6.03 Å². The van der Waals surface area contributed by atoms with Gasteiger partial charge in [-0.1, -0.05) is 24.3 Å². The van der Waals surface area contributed by atoms with Crippen molar-refractivity contribution in [3.8, 4) is 0 Å². The quantitative estimate of drug-likeness (QED) is 0.820. The van der Waals surface area contributed by atoms with Gasteiger partial charge in [-0.3, -0.25) is 4.79 Å². The number of halogens is 1. The van der Waals surface area contributed by atoms with Gasteiger partial charge in [-0.15, -0.1) is 0 Å². The predicted octanol–water partition coefficient (Wildman–Crippen LogP) is 3.34. The van der Waals surface area contributed by atoms with Gasteiger partial charge in [0.25, 0.3) is 5.91 Å². The Morgan fingerprint density at radius 3 is 2.27 bits per heavy atom. The van der Waals surface area contributed by atoms with Crippen LogP contribution in [-0.4, -0.2) is 61.0 Å². The number of piperazine rings is 1. The number of nitrogens with one attached hydrogen (secondary N) is 1. The summed E-state index contributed by atoms with van der Waals surface area (Å²) < 4.78 is 13.9. The van der Waals surface area contributed by atoms with Crippen LogP contribution in [0.2, 0.25) is 0 Å². The first-order chi connectivity index (χ1) is 14.4. The predicted molar refractivity (Wildman–Crippen MR) is 116 cm³/mol. The second kappa shape index (κ2) is 9.61. The van der Waals surface area contributed by atoms with E-state index in [1.807, 2.05) is 36.9 Å². The first-order valence-corrected chi connectivity index (χ1v) is 10.2. The Morgan fingerprint density at radius 1 is 1.03 bits per heavy atom. The van der Waals surface area contributed by atoms with E-state index in [9.17, 15) is 14.0 Å². The summed E-state index contributed by atoms with van der Waals surface area (Å²) in [6.45, 7) is 6.59. The molecular weight excluding hydrogens is 383 g/mol. The smallest absolute Gasteiger partial charge is 0.317 e. The van der Waals surface area contributed by atoms with Crippen molar-refractivity contribution >= 4 is 17.6 Å². The standard InChI is InChI=1S/C23H29FN4O2/c1-17(2)26(3)22(29)19-10-8-18(9-11-19)16-25-23(30)28-14-12-27(13-15-28)21-7-5-4-6-20(21)24/h4-11,17H,12-16H2,1-3H3,(H,25,30). The van der Waals surface area contributed by atoms with Gasteiger partial charge in [0.15, 0.2) is 0 Å². The van der Waals surface area contributed by atoms with Crippen LogP contribution in [0.25, 0.3) is 0 Å². The average molecular weight is 413 g/mol. The molecule has 1 saturated heterocycles. The number of amides is 3. The summed E-state index contributed by atoms with van der Waals surface area (Å²) in [4.78, 5) is 30.2. The maximum Gasteiger partial charge on any atom is 0.317 e. The van der Waals surface area contributed by atoms with E-state index in [0.717, 1.165) is 5.56 Å². The molecule has 1 heterocycles. The first-order valence-electron chi connectivity index (χ1n) is 10.2. The highest BCUT2D eigenvalue weighted by molar-refractivity contribution is 5.94. The number of nitrogens with zero attached hydrogens (tertiary/aromatic N) is 3. The summed E-state index contributed by atoms with van der Waals surface area (Å²) in [5, 5.41) is 2.92. The van der Waals surface area contributed by atoms with E-state index < -0.39 is 0 Å². The van der Waals surface area contributed by atoms with Crippen LogP contribution in [0, 0.1) is 5.82 Å². The maximum atomic E-state index is 13.9. The van der Waals surface area contributed by atoms with Crippen molar-refractivity contribution in [3.05, 3.63) is 65.5 Å². The fraction of sp³-hybridized carbons (Fsp3) is 0.391. The van der Waals surface area contributed by atoms with Crippen molar-refractivity contribution in [2.24, 2.45) is 0 Å². The van der Waals surface area contributed by atoms with Crippen LogP contribution in [0.15, 0.2) is 48.5 Å². The van der Waals surface area contributed by atoms with Crippen LogP contribution < -0.4 is 10.2 Å². The normalized spacial score (nSPS) is 14.0. The lowest BCUT2D eigenvalue weighted by atomic mass is 10.1. The van der Waals surface area contributed by atoms with Gasteiger partial charge in [-0.25, -0.2) is 9.18 Å². The fourth-order valence-electron chi connectivity index (χ4n) is 3.35. The zero-order chi connectivity index (χ0) is 21.7. The third-order valence-corrected chi connectivity index (χ3v) is 5.50. The molecule has 1 aliphatic heterocycles. The Labute approximate surface area is 177 Å². The van der Waals surface area contributed by atoms with Crippen LogP contribution in [0.4, 0.5) is 14.9 Å². The molecule has 7 heteroatoms. The molecule has 0 aromatic heterocycles. The summed E-state index contributed by atoms with van der Waals surface area (Å²) in [5.41, 5.74) is 2.14. The van der Waals surface area contributed by atoms with Gasteiger partial charge in [-0.2, -0.15) is 0 Å². The monoisotopic (exact) mass is 412 g/mol. The molecule has 1 aliphatic rings. The molecule has 1 N–H and O–H groups in total. The summed E-state index contributed by atoms with van der Waals surface area (Å²) in [6.07, 6.45) is 0. The number of carbonyl (C=O) groups is 2. The minimum Gasteiger partial charge on any atom is -0.366 e. The lowest BCUT2D eigenvalue weighted by Gasteiger charge is -2.36. The van der Waals surface area contributed by atoms with Gasteiger partial charge in [0.1, 0.15) is 5.82 Å². The number of para-hydroxylation sites is 1. The first kappa shape index (κ1) is 21.6. The van der Waals surface area contributed by atoms with Crippen LogP contribution >= 0.6 is 0 Å². The van der Waals surface area contributed by atoms with Crippen molar-refractivity contribution in [2.75, 3.05) is 38.1 Å². The number of carbonyl (C=O) groups excluding carboxylic acids is 2. The van der Waals surface area contributed by atoms with Crippen LogP contribution in [0.3, 0.4) is 0 Å². The molecular formula is C23H29FN4O2. The Kier molecular flexibility index (Phi) is 6.92. The van der Waals surface area contributed by atoms with Gasteiger partial charge in [-0.05, 0) is 43.7 Å². The van der Waals surface area contributed by atoms with Crippen LogP contribution in [-0.2, 0) is 6.54 Å². The van der Waals surface area contributed by atoms with Crippen molar-refractivity contribution in [1.29, 1.82) is 0 Å². The molecule has 160 valence electrons. The van der Waals surface area contributed by atoms with Gasteiger partial charge in [0.2, 0.25) is 0 Å². The summed E-state index contributed by atoms with van der Waals surface area (Å²) >= 11 is 0. The fourth-order valence-corrected chi connectivity index (χ4v) is 3.35. The second-order valence-corrected chi connectivity index (χ2v) is 7.79. The molecule has 0 atom stereocenters. The van der Waals surface area contributed by atoms with Crippen molar-refractivity contribution in [2.45, 2.75) is 26.4 Å². The second-order valence-electron chi connectivity index (χ2n) is 7.79. The molecule has 0 bridgehead atoms. The van der Waals surface area contributed by atoms with E-state index in [2.05, 4.69) is 5.32 Å². The topological polar surface area (TPSA) is 55.9 Å². The highest BCUT2D eigenvalue weighted by atomic mass is 19.1. The lowest BCUT2D eigenvalue weighted by Crippen LogP contribution is -2.51. The Morgan fingerprint density at radius 2 is 1.67 bits per heavy atom. The zero-order valence-electron chi connectivity index (χ0n) is 17.8. The van der Waals surface area contributed by atoms with E-state index >= 15 is 0 Å². The molecule has 0 radical (unpaired) electrons. The third kappa shape index (κ3) is 5.09. The molecule has 3 rings (SSSR count). The Hall–Kier alpha value is -3.09. The number of benzene rings is 2. The minimum atomic E-state index is -0.239. The van der Waals surface area contributed by atoms with E-state index in [-0.39, 0.29) is 23.8 Å². The largest absolute Gasteiger partial charge is 0.366 e. The molecule has 1 fully saturated rings. The highest BCUT2D eigenvalue weighted by Crippen LogP contribution is 2.20.